The first-order chi connectivity index (χ1) is 8.45. The number of benzene rings is 1. The van der Waals surface area contributed by atoms with Crippen LogP contribution in [0.1, 0.15) is 43.6 Å². The summed E-state index contributed by atoms with van der Waals surface area (Å²) in [4.78, 5) is 12.1. The highest BCUT2D eigenvalue weighted by atomic mass is 16.1. The van der Waals surface area contributed by atoms with E-state index < -0.39 is 0 Å². The van der Waals surface area contributed by atoms with Crippen LogP contribution in [0.4, 0.5) is 5.69 Å². The van der Waals surface area contributed by atoms with Gasteiger partial charge in [-0.05, 0) is 50.5 Å². The Morgan fingerprint density at radius 2 is 1.94 bits per heavy atom. The standard InChI is InChI=1S/C15H24N2O/c1-6-16-13-7-8-14(11(4)9-13)15(18)17-12(5)10(2)3/h7-10,12,16H,6H2,1-5H3,(H,17,18). The van der Waals surface area contributed by atoms with Gasteiger partial charge in [0, 0.05) is 23.8 Å². The molecule has 1 atom stereocenters. The van der Waals surface area contributed by atoms with Crippen molar-refractivity contribution in [3.8, 4) is 0 Å². The maximum atomic E-state index is 12.1. The van der Waals surface area contributed by atoms with Crippen LogP contribution in [0.25, 0.3) is 0 Å². The monoisotopic (exact) mass is 248 g/mol. The van der Waals surface area contributed by atoms with Gasteiger partial charge < -0.3 is 10.6 Å². The van der Waals surface area contributed by atoms with Crippen LogP contribution in [0, 0.1) is 12.8 Å². The molecule has 1 aromatic rings. The van der Waals surface area contributed by atoms with Gasteiger partial charge in [0.25, 0.3) is 5.91 Å². The van der Waals surface area contributed by atoms with E-state index in [4.69, 9.17) is 0 Å². The lowest BCUT2D eigenvalue weighted by Crippen LogP contribution is -2.36. The van der Waals surface area contributed by atoms with E-state index in [2.05, 4.69) is 31.4 Å². The van der Waals surface area contributed by atoms with Gasteiger partial charge in [0.15, 0.2) is 0 Å². The number of hydrogen-bond acceptors (Lipinski definition) is 2. The van der Waals surface area contributed by atoms with Gasteiger partial charge in [-0.1, -0.05) is 13.8 Å². The highest BCUT2D eigenvalue weighted by Gasteiger charge is 2.14. The van der Waals surface area contributed by atoms with Gasteiger partial charge in [-0.2, -0.15) is 0 Å². The van der Waals surface area contributed by atoms with Crippen molar-refractivity contribution in [2.45, 2.75) is 40.7 Å². The van der Waals surface area contributed by atoms with E-state index in [9.17, 15) is 4.79 Å². The summed E-state index contributed by atoms with van der Waals surface area (Å²) in [5.74, 6) is 0.451. The van der Waals surface area contributed by atoms with Crippen LogP contribution in [0.5, 0.6) is 0 Å². The molecule has 18 heavy (non-hydrogen) atoms. The van der Waals surface area contributed by atoms with Crippen molar-refractivity contribution in [1.82, 2.24) is 5.32 Å². The first-order valence-corrected chi connectivity index (χ1v) is 6.61. The summed E-state index contributed by atoms with van der Waals surface area (Å²) in [6, 6.07) is 6.03. The third kappa shape index (κ3) is 3.76. The van der Waals surface area contributed by atoms with Crippen molar-refractivity contribution < 1.29 is 4.79 Å². The highest BCUT2D eigenvalue weighted by Crippen LogP contribution is 2.15. The molecule has 0 aromatic heterocycles. The molecule has 3 heteroatoms. The van der Waals surface area contributed by atoms with Gasteiger partial charge >= 0.3 is 0 Å². The quantitative estimate of drug-likeness (QED) is 0.840. The second kappa shape index (κ2) is 6.43. The summed E-state index contributed by atoms with van der Waals surface area (Å²) in [6.07, 6.45) is 0. The Hall–Kier alpha value is -1.51. The second-order valence-electron chi connectivity index (χ2n) is 5.07. The van der Waals surface area contributed by atoms with E-state index in [1.807, 2.05) is 32.0 Å². The largest absolute Gasteiger partial charge is 0.385 e. The first kappa shape index (κ1) is 14.6. The Balaban J connectivity index is 2.80. The van der Waals surface area contributed by atoms with E-state index in [1.165, 1.54) is 0 Å². The Morgan fingerprint density at radius 1 is 1.28 bits per heavy atom. The SMILES string of the molecule is CCNc1ccc(C(=O)NC(C)C(C)C)c(C)c1. The molecule has 0 heterocycles. The van der Waals surface area contributed by atoms with Gasteiger partial charge in [0.2, 0.25) is 0 Å². The van der Waals surface area contributed by atoms with Crippen LogP contribution in [-0.2, 0) is 0 Å². The number of rotatable bonds is 5. The molecule has 0 spiro atoms. The summed E-state index contributed by atoms with van der Waals surface area (Å²) in [5.41, 5.74) is 2.81. The normalized spacial score (nSPS) is 12.3. The summed E-state index contributed by atoms with van der Waals surface area (Å²) >= 11 is 0. The van der Waals surface area contributed by atoms with E-state index in [-0.39, 0.29) is 11.9 Å². The maximum absolute atomic E-state index is 12.1. The van der Waals surface area contributed by atoms with Crippen LogP contribution >= 0.6 is 0 Å². The van der Waals surface area contributed by atoms with Gasteiger partial charge in [0.1, 0.15) is 0 Å². The third-order valence-electron chi connectivity index (χ3n) is 3.21. The molecule has 2 N–H and O–H groups in total. The minimum atomic E-state index is 0.0109. The van der Waals surface area contributed by atoms with Crippen LogP contribution < -0.4 is 10.6 Å². The Morgan fingerprint density at radius 3 is 2.44 bits per heavy atom. The molecular weight excluding hydrogens is 224 g/mol. The van der Waals surface area contributed by atoms with Crippen molar-refractivity contribution in [2.75, 3.05) is 11.9 Å². The Bertz CT molecular complexity index is 413. The van der Waals surface area contributed by atoms with Crippen LogP contribution in [-0.4, -0.2) is 18.5 Å². The summed E-state index contributed by atoms with van der Waals surface area (Å²) < 4.78 is 0. The van der Waals surface area contributed by atoms with Crippen molar-refractivity contribution in [1.29, 1.82) is 0 Å². The van der Waals surface area contributed by atoms with Gasteiger partial charge in [-0.3, -0.25) is 4.79 Å². The highest BCUT2D eigenvalue weighted by molar-refractivity contribution is 5.96. The number of nitrogens with one attached hydrogen (secondary N) is 2. The lowest BCUT2D eigenvalue weighted by Gasteiger charge is -2.18. The molecule has 0 fully saturated rings. The average Bonchev–Trinajstić information content (AvgIpc) is 2.29. The summed E-state index contributed by atoms with van der Waals surface area (Å²) in [6.45, 7) is 11.1. The van der Waals surface area contributed by atoms with Crippen LogP contribution in [0.2, 0.25) is 0 Å². The molecule has 0 bridgehead atoms. The molecule has 1 unspecified atom stereocenters. The average molecular weight is 248 g/mol. The first-order valence-electron chi connectivity index (χ1n) is 6.61. The molecule has 0 aliphatic heterocycles. The fraction of sp³-hybridized carbons (Fsp3) is 0.533. The molecule has 0 saturated carbocycles. The molecule has 1 rings (SSSR count). The molecule has 1 amide bonds. The maximum Gasteiger partial charge on any atom is 0.251 e. The second-order valence-corrected chi connectivity index (χ2v) is 5.07. The zero-order chi connectivity index (χ0) is 13.7. The Kier molecular flexibility index (Phi) is 5.20. The lowest BCUT2D eigenvalue weighted by molar-refractivity contribution is 0.0930. The smallest absolute Gasteiger partial charge is 0.251 e. The van der Waals surface area contributed by atoms with Crippen molar-refractivity contribution >= 4 is 11.6 Å². The number of carbonyl (C=O) groups is 1. The zero-order valence-corrected chi connectivity index (χ0v) is 12.0. The lowest BCUT2D eigenvalue weighted by atomic mass is 10.0. The summed E-state index contributed by atoms with van der Waals surface area (Å²) in [5, 5.41) is 6.27. The zero-order valence-electron chi connectivity index (χ0n) is 12.0. The number of hydrogen-bond donors (Lipinski definition) is 2. The van der Waals surface area contributed by atoms with Crippen molar-refractivity contribution in [2.24, 2.45) is 5.92 Å². The fourth-order valence-corrected chi connectivity index (χ4v) is 1.68. The van der Waals surface area contributed by atoms with E-state index in [1.54, 1.807) is 0 Å². The van der Waals surface area contributed by atoms with Gasteiger partial charge in [-0.15, -0.1) is 0 Å². The molecular formula is C15H24N2O. The molecule has 0 saturated heterocycles. The molecule has 0 radical (unpaired) electrons. The van der Waals surface area contributed by atoms with Crippen LogP contribution in [0.3, 0.4) is 0 Å². The Labute approximate surface area is 110 Å². The van der Waals surface area contributed by atoms with E-state index in [0.717, 1.165) is 23.4 Å². The predicted octanol–water partition coefficient (Wildman–Crippen LogP) is 3.20. The van der Waals surface area contributed by atoms with Gasteiger partial charge in [0.05, 0.1) is 0 Å². The van der Waals surface area contributed by atoms with E-state index >= 15 is 0 Å². The number of aryl methyl sites for hydroxylation is 1. The van der Waals surface area contributed by atoms with Crippen LogP contribution in [0.15, 0.2) is 18.2 Å². The molecule has 0 aliphatic rings. The molecule has 3 nitrogen and oxygen atoms in total. The molecule has 100 valence electrons. The van der Waals surface area contributed by atoms with Gasteiger partial charge in [-0.25, -0.2) is 0 Å². The topological polar surface area (TPSA) is 41.1 Å². The third-order valence-corrected chi connectivity index (χ3v) is 3.21. The number of carbonyl (C=O) groups excluding carboxylic acids is 1. The fourth-order valence-electron chi connectivity index (χ4n) is 1.68. The predicted molar refractivity (Wildman–Crippen MR) is 77.1 cm³/mol. The molecule has 0 aliphatic carbocycles. The number of amides is 1. The summed E-state index contributed by atoms with van der Waals surface area (Å²) in [7, 11) is 0. The minimum Gasteiger partial charge on any atom is -0.385 e. The van der Waals surface area contributed by atoms with Crippen molar-refractivity contribution in [3.63, 3.8) is 0 Å². The van der Waals surface area contributed by atoms with Crippen molar-refractivity contribution in [3.05, 3.63) is 29.3 Å². The minimum absolute atomic E-state index is 0.0109. The number of anilines is 1. The molecule has 1 aromatic carbocycles. The van der Waals surface area contributed by atoms with E-state index in [0.29, 0.717) is 5.92 Å².